The molecule has 0 spiro atoms. The van der Waals surface area contributed by atoms with Gasteiger partial charge in [-0.3, -0.25) is 13.9 Å². The Morgan fingerprint density at radius 3 is 2.38 bits per heavy atom. The van der Waals surface area contributed by atoms with E-state index in [0.29, 0.717) is 25.4 Å². The number of hydrogen-bond donors (Lipinski definition) is 1. The van der Waals surface area contributed by atoms with Crippen molar-refractivity contribution in [3.63, 3.8) is 0 Å². The van der Waals surface area contributed by atoms with E-state index in [-0.39, 0.29) is 11.6 Å². The van der Waals surface area contributed by atoms with E-state index in [9.17, 15) is 9.59 Å². The highest BCUT2D eigenvalue weighted by Crippen LogP contribution is 2.18. The Hall–Kier alpha value is -2.82. The number of rotatable bonds is 7. The van der Waals surface area contributed by atoms with Crippen LogP contribution in [-0.4, -0.2) is 21.6 Å². The molecule has 136 valence electrons. The third-order valence-electron chi connectivity index (χ3n) is 4.92. The van der Waals surface area contributed by atoms with Gasteiger partial charge in [0.1, 0.15) is 0 Å². The van der Waals surface area contributed by atoms with Crippen molar-refractivity contribution in [1.29, 1.82) is 0 Å². The fourth-order valence-corrected chi connectivity index (χ4v) is 3.34. The van der Waals surface area contributed by atoms with Gasteiger partial charge in [0.25, 0.3) is 0 Å². The lowest BCUT2D eigenvalue weighted by atomic mass is 9.96. The number of imidazole rings is 1. The Balaban J connectivity index is 1.61. The van der Waals surface area contributed by atoms with Gasteiger partial charge in [-0.15, -0.1) is 0 Å². The van der Waals surface area contributed by atoms with E-state index < -0.39 is 0 Å². The van der Waals surface area contributed by atoms with Gasteiger partial charge >= 0.3 is 5.69 Å². The van der Waals surface area contributed by atoms with Crippen LogP contribution in [-0.2, 0) is 18.4 Å². The fraction of sp³-hybridized carbons (Fsp3) is 0.333. The maximum absolute atomic E-state index is 12.4. The zero-order valence-corrected chi connectivity index (χ0v) is 15.3. The first-order chi connectivity index (χ1) is 12.6. The number of amides is 1. The van der Waals surface area contributed by atoms with Gasteiger partial charge in [0, 0.05) is 32.5 Å². The molecule has 5 heteroatoms. The molecule has 1 unspecified atom stereocenters. The second kappa shape index (κ2) is 8.04. The van der Waals surface area contributed by atoms with Crippen molar-refractivity contribution < 1.29 is 4.79 Å². The number of para-hydroxylation sites is 2. The molecule has 1 aromatic heterocycles. The maximum Gasteiger partial charge on any atom is 0.328 e. The average Bonchev–Trinajstić information content (AvgIpc) is 2.92. The van der Waals surface area contributed by atoms with Crippen LogP contribution in [0, 0.1) is 0 Å². The predicted octanol–water partition coefficient (Wildman–Crippen LogP) is 3.04. The van der Waals surface area contributed by atoms with Crippen LogP contribution in [0.15, 0.2) is 59.4 Å². The number of nitrogens with one attached hydrogen (secondary N) is 1. The molecule has 5 nitrogen and oxygen atoms in total. The van der Waals surface area contributed by atoms with E-state index in [2.05, 4.69) is 24.4 Å². The van der Waals surface area contributed by atoms with E-state index in [4.69, 9.17) is 0 Å². The normalized spacial score (nSPS) is 12.2. The van der Waals surface area contributed by atoms with Crippen LogP contribution in [0.3, 0.4) is 0 Å². The molecule has 0 aliphatic rings. The number of nitrogens with zero attached hydrogens (tertiary/aromatic N) is 2. The summed E-state index contributed by atoms with van der Waals surface area (Å²) >= 11 is 0. The summed E-state index contributed by atoms with van der Waals surface area (Å²) in [7, 11) is 1.76. The first kappa shape index (κ1) is 18.0. The lowest BCUT2D eigenvalue weighted by molar-refractivity contribution is -0.121. The summed E-state index contributed by atoms with van der Waals surface area (Å²) in [6.07, 6.45) is 1.26. The molecule has 0 fully saturated rings. The molecular formula is C21H25N3O2. The highest BCUT2D eigenvalue weighted by molar-refractivity contribution is 5.78. The molecular weight excluding hydrogens is 326 g/mol. The maximum atomic E-state index is 12.4. The van der Waals surface area contributed by atoms with Crippen LogP contribution >= 0.6 is 0 Å². The van der Waals surface area contributed by atoms with E-state index in [1.807, 2.05) is 42.5 Å². The minimum absolute atomic E-state index is 0.0285. The van der Waals surface area contributed by atoms with Gasteiger partial charge in [-0.1, -0.05) is 49.4 Å². The molecule has 1 N–H and O–H groups in total. The van der Waals surface area contributed by atoms with Crippen LogP contribution in [0.4, 0.5) is 0 Å². The van der Waals surface area contributed by atoms with Gasteiger partial charge in [0.2, 0.25) is 5.91 Å². The van der Waals surface area contributed by atoms with E-state index in [0.717, 1.165) is 17.5 Å². The number of carbonyl (C=O) groups is 1. The summed E-state index contributed by atoms with van der Waals surface area (Å²) in [5.74, 6) is 0.277. The van der Waals surface area contributed by atoms with Crippen LogP contribution in [0.25, 0.3) is 11.0 Å². The Labute approximate surface area is 153 Å². The summed E-state index contributed by atoms with van der Waals surface area (Å²) in [5, 5.41) is 3.02. The number of fused-ring (bicyclic) bond motifs is 1. The topological polar surface area (TPSA) is 56.0 Å². The molecule has 1 heterocycles. The lowest BCUT2D eigenvalue weighted by Gasteiger charge is -2.16. The molecule has 0 radical (unpaired) electrons. The zero-order chi connectivity index (χ0) is 18.5. The number of aryl methyl sites for hydroxylation is 2. The molecule has 0 aliphatic carbocycles. The summed E-state index contributed by atoms with van der Waals surface area (Å²) in [6, 6.07) is 17.9. The predicted molar refractivity (Wildman–Crippen MR) is 104 cm³/mol. The first-order valence-corrected chi connectivity index (χ1v) is 9.07. The number of benzene rings is 2. The second-order valence-electron chi connectivity index (χ2n) is 6.55. The Kier molecular flexibility index (Phi) is 5.56. The van der Waals surface area contributed by atoms with E-state index >= 15 is 0 Å². The van der Waals surface area contributed by atoms with Gasteiger partial charge in [0.05, 0.1) is 11.0 Å². The van der Waals surface area contributed by atoms with Gasteiger partial charge in [0.15, 0.2) is 0 Å². The first-order valence-electron chi connectivity index (χ1n) is 9.07. The molecule has 1 atom stereocenters. The molecule has 3 aromatic rings. The highest BCUT2D eigenvalue weighted by Gasteiger charge is 2.13. The molecule has 1 amide bonds. The molecule has 0 saturated carbocycles. The van der Waals surface area contributed by atoms with Crippen LogP contribution in [0.5, 0.6) is 0 Å². The van der Waals surface area contributed by atoms with Crippen molar-refractivity contribution in [3.05, 3.63) is 70.6 Å². The molecule has 3 rings (SSSR count). The molecule has 26 heavy (non-hydrogen) atoms. The minimum Gasteiger partial charge on any atom is -0.355 e. The van der Waals surface area contributed by atoms with Crippen molar-refractivity contribution in [2.75, 3.05) is 6.54 Å². The van der Waals surface area contributed by atoms with E-state index in [1.165, 1.54) is 5.56 Å². The number of aromatic nitrogens is 2. The quantitative estimate of drug-likeness (QED) is 0.711. The van der Waals surface area contributed by atoms with Gasteiger partial charge in [-0.05, 0) is 24.1 Å². The lowest BCUT2D eigenvalue weighted by Crippen LogP contribution is -2.30. The average molecular weight is 351 g/mol. The monoisotopic (exact) mass is 351 g/mol. The molecule has 0 bridgehead atoms. The third-order valence-corrected chi connectivity index (χ3v) is 4.92. The largest absolute Gasteiger partial charge is 0.355 e. The Morgan fingerprint density at radius 1 is 1.04 bits per heavy atom. The summed E-state index contributed by atoms with van der Waals surface area (Å²) in [5.41, 5.74) is 2.90. The zero-order valence-electron chi connectivity index (χ0n) is 15.3. The van der Waals surface area contributed by atoms with Crippen molar-refractivity contribution in [2.45, 2.75) is 32.2 Å². The Morgan fingerprint density at radius 2 is 1.69 bits per heavy atom. The van der Waals surface area contributed by atoms with Crippen molar-refractivity contribution >= 4 is 16.9 Å². The smallest absolute Gasteiger partial charge is 0.328 e. The Bertz CT molecular complexity index is 941. The SMILES string of the molecule is CCC(CNC(=O)CCn1c(=O)n(C)c2ccccc21)c1ccccc1. The molecule has 2 aromatic carbocycles. The van der Waals surface area contributed by atoms with Gasteiger partial charge in [-0.2, -0.15) is 0 Å². The molecule has 0 saturated heterocycles. The van der Waals surface area contributed by atoms with Crippen molar-refractivity contribution in [1.82, 2.24) is 14.5 Å². The second-order valence-corrected chi connectivity index (χ2v) is 6.55. The fourth-order valence-electron chi connectivity index (χ4n) is 3.34. The van der Waals surface area contributed by atoms with E-state index in [1.54, 1.807) is 16.2 Å². The minimum atomic E-state index is -0.0882. The third kappa shape index (κ3) is 3.72. The van der Waals surface area contributed by atoms with Crippen LogP contribution in [0.2, 0.25) is 0 Å². The number of carbonyl (C=O) groups excluding carboxylic acids is 1. The highest BCUT2D eigenvalue weighted by atomic mass is 16.2. The van der Waals surface area contributed by atoms with Gasteiger partial charge in [-0.25, -0.2) is 4.79 Å². The summed E-state index contributed by atoms with van der Waals surface area (Å²) < 4.78 is 3.29. The van der Waals surface area contributed by atoms with Crippen LogP contribution in [0.1, 0.15) is 31.2 Å². The van der Waals surface area contributed by atoms with Crippen LogP contribution < -0.4 is 11.0 Å². The van der Waals surface area contributed by atoms with Gasteiger partial charge < -0.3 is 5.32 Å². The van der Waals surface area contributed by atoms with Crippen molar-refractivity contribution in [2.24, 2.45) is 7.05 Å². The summed E-state index contributed by atoms with van der Waals surface area (Å²) in [6.45, 7) is 3.12. The standard InChI is InChI=1S/C21H25N3O2/c1-3-16(17-9-5-4-6-10-17)15-22-20(25)13-14-24-19-12-8-7-11-18(19)23(2)21(24)26/h4-12,16H,3,13-15H2,1-2H3,(H,22,25). The number of hydrogen-bond acceptors (Lipinski definition) is 2. The summed E-state index contributed by atoms with van der Waals surface area (Å²) in [4.78, 5) is 24.7. The molecule has 0 aliphatic heterocycles. The van der Waals surface area contributed by atoms with Crippen molar-refractivity contribution in [3.8, 4) is 0 Å².